The maximum absolute atomic E-state index is 12.6. The predicted molar refractivity (Wildman–Crippen MR) is 110 cm³/mol. The highest BCUT2D eigenvalue weighted by atomic mass is 35.5. The summed E-state index contributed by atoms with van der Waals surface area (Å²) in [6.07, 6.45) is 1.89. The summed E-state index contributed by atoms with van der Waals surface area (Å²) < 4.78 is 33.2. The second-order valence-electron chi connectivity index (χ2n) is 6.58. The molecule has 150 valence electrons. The van der Waals surface area contributed by atoms with Crippen molar-refractivity contribution in [1.82, 2.24) is 5.32 Å². The molecule has 0 radical (unpaired) electrons. The maximum atomic E-state index is 12.6. The highest BCUT2D eigenvalue weighted by Crippen LogP contribution is 2.26. The number of carbonyl (C=O) groups excluding carboxylic acids is 1. The van der Waals surface area contributed by atoms with Crippen LogP contribution in [0, 0.1) is 0 Å². The fourth-order valence-electron chi connectivity index (χ4n) is 2.96. The summed E-state index contributed by atoms with van der Waals surface area (Å²) in [5.74, 6) is -0.293. The van der Waals surface area contributed by atoms with E-state index in [4.69, 9.17) is 27.9 Å². The average Bonchev–Trinajstić information content (AvgIpc) is 3.18. The smallest absolute Gasteiger partial charge is 0.261 e. The Bertz CT molecular complexity index is 976. The van der Waals surface area contributed by atoms with Crippen molar-refractivity contribution in [1.29, 1.82) is 0 Å². The minimum Gasteiger partial charge on any atom is -0.376 e. The van der Waals surface area contributed by atoms with Crippen LogP contribution in [0.25, 0.3) is 0 Å². The second kappa shape index (κ2) is 8.69. The van der Waals surface area contributed by atoms with Crippen LogP contribution in [0.3, 0.4) is 0 Å². The van der Waals surface area contributed by atoms with Gasteiger partial charge in [0.05, 0.1) is 27.1 Å². The largest absolute Gasteiger partial charge is 0.376 e. The number of hydrogen-bond donors (Lipinski definition) is 2. The number of anilines is 1. The van der Waals surface area contributed by atoms with E-state index in [9.17, 15) is 13.2 Å². The van der Waals surface area contributed by atoms with Gasteiger partial charge in [-0.25, -0.2) is 8.42 Å². The Labute approximate surface area is 174 Å². The van der Waals surface area contributed by atoms with Gasteiger partial charge in [0, 0.05) is 17.9 Å². The lowest BCUT2D eigenvalue weighted by atomic mass is 10.1. The van der Waals surface area contributed by atoms with Crippen molar-refractivity contribution in [3.8, 4) is 0 Å². The van der Waals surface area contributed by atoms with Crippen LogP contribution in [-0.2, 0) is 14.8 Å². The number of rotatable bonds is 6. The van der Waals surface area contributed by atoms with Gasteiger partial charge in [0.25, 0.3) is 15.9 Å². The first kappa shape index (κ1) is 20.9. The van der Waals surface area contributed by atoms with Crippen molar-refractivity contribution in [3.05, 3.63) is 58.1 Å². The Kier molecular flexibility index (Phi) is 6.50. The number of hydrogen-bond acceptors (Lipinski definition) is 4. The van der Waals surface area contributed by atoms with Crippen LogP contribution in [0.4, 0.5) is 5.69 Å². The molecule has 0 aliphatic carbocycles. The molecule has 2 N–H and O–H groups in total. The fourth-order valence-corrected chi connectivity index (χ4v) is 4.40. The molecule has 0 saturated carbocycles. The Morgan fingerprint density at radius 1 is 1.18 bits per heavy atom. The van der Waals surface area contributed by atoms with Crippen LogP contribution in [0.5, 0.6) is 0 Å². The minimum atomic E-state index is -3.88. The van der Waals surface area contributed by atoms with Gasteiger partial charge in [-0.1, -0.05) is 29.3 Å². The van der Waals surface area contributed by atoms with Gasteiger partial charge in [-0.3, -0.25) is 9.52 Å². The van der Waals surface area contributed by atoms with E-state index in [-0.39, 0.29) is 38.7 Å². The molecule has 1 aliphatic heterocycles. The zero-order valence-electron chi connectivity index (χ0n) is 15.1. The Morgan fingerprint density at radius 3 is 2.64 bits per heavy atom. The standard InChI is InChI=1S/C19H20Cl2N2O4S/c1-12(18-6-3-9-27-18)22-19(24)13-4-2-5-14(10-13)23-28(25,26)15-7-8-16(20)17(21)11-15/h2,4-5,7-8,10-12,18,23H,3,6,9H2,1H3,(H,22,24)/t12-,18-/m0/s1. The Balaban J connectivity index is 1.73. The van der Waals surface area contributed by atoms with Gasteiger partial charge in [0.1, 0.15) is 0 Å². The Morgan fingerprint density at radius 2 is 1.96 bits per heavy atom. The molecule has 1 heterocycles. The molecule has 9 heteroatoms. The van der Waals surface area contributed by atoms with Gasteiger partial charge in [-0.2, -0.15) is 0 Å². The summed E-state index contributed by atoms with van der Waals surface area (Å²) in [5, 5.41) is 3.30. The third kappa shape index (κ3) is 4.97. The second-order valence-corrected chi connectivity index (χ2v) is 9.07. The van der Waals surface area contributed by atoms with Gasteiger partial charge in [-0.05, 0) is 56.2 Å². The van der Waals surface area contributed by atoms with Crippen molar-refractivity contribution in [2.75, 3.05) is 11.3 Å². The van der Waals surface area contributed by atoms with Crippen LogP contribution >= 0.6 is 23.2 Å². The van der Waals surface area contributed by atoms with E-state index >= 15 is 0 Å². The SMILES string of the molecule is C[C@H](NC(=O)c1cccc(NS(=O)(=O)c2ccc(Cl)c(Cl)c2)c1)[C@@H]1CCCO1. The van der Waals surface area contributed by atoms with E-state index < -0.39 is 10.0 Å². The molecular formula is C19H20Cl2N2O4S. The van der Waals surface area contributed by atoms with Crippen molar-refractivity contribution in [2.24, 2.45) is 0 Å². The van der Waals surface area contributed by atoms with Crippen LogP contribution < -0.4 is 10.0 Å². The van der Waals surface area contributed by atoms with Crippen molar-refractivity contribution < 1.29 is 17.9 Å². The number of benzene rings is 2. The third-order valence-corrected chi connectivity index (χ3v) is 6.58. The lowest BCUT2D eigenvalue weighted by Crippen LogP contribution is -2.40. The molecular weight excluding hydrogens is 423 g/mol. The first-order valence-corrected chi connectivity index (χ1v) is 11.0. The Hall–Kier alpha value is -1.80. The number of amides is 1. The molecule has 2 aromatic carbocycles. The van der Waals surface area contributed by atoms with E-state index in [0.29, 0.717) is 12.2 Å². The molecule has 0 aromatic heterocycles. The molecule has 2 atom stereocenters. The first-order valence-electron chi connectivity index (χ1n) is 8.77. The quantitative estimate of drug-likeness (QED) is 0.705. The number of nitrogens with one attached hydrogen (secondary N) is 2. The molecule has 6 nitrogen and oxygen atoms in total. The van der Waals surface area contributed by atoms with E-state index in [0.717, 1.165) is 12.8 Å². The summed E-state index contributed by atoms with van der Waals surface area (Å²) in [4.78, 5) is 12.5. The molecule has 3 rings (SSSR count). The maximum Gasteiger partial charge on any atom is 0.261 e. The van der Waals surface area contributed by atoms with E-state index in [1.54, 1.807) is 18.2 Å². The molecule has 1 amide bonds. The van der Waals surface area contributed by atoms with Crippen LogP contribution in [-0.4, -0.2) is 33.1 Å². The molecule has 0 bridgehead atoms. The van der Waals surface area contributed by atoms with Crippen molar-refractivity contribution >= 4 is 44.8 Å². The van der Waals surface area contributed by atoms with Crippen LogP contribution in [0.2, 0.25) is 10.0 Å². The number of carbonyl (C=O) groups is 1. The predicted octanol–water partition coefficient (Wildman–Crippen LogP) is 4.09. The summed E-state index contributed by atoms with van der Waals surface area (Å²) in [6.45, 7) is 2.60. The van der Waals surface area contributed by atoms with Crippen LogP contribution in [0.1, 0.15) is 30.1 Å². The summed E-state index contributed by atoms with van der Waals surface area (Å²) >= 11 is 11.7. The van der Waals surface area contributed by atoms with Gasteiger partial charge >= 0.3 is 0 Å². The number of sulfonamides is 1. The van der Waals surface area contributed by atoms with Gasteiger partial charge < -0.3 is 10.1 Å². The highest BCUT2D eigenvalue weighted by Gasteiger charge is 2.24. The van der Waals surface area contributed by atoms with Gasteiger partial charge in [0.2, 0.25) is 0 Å². The summed E-state index contributed by atoms with van der Waals surface area (Å²) in [7, 11) is -3.88. The van der Waals surface area contributed by atoms with E-state index in [1.165, 1.54) is 24.3 Å². The third-order valence-electron chi connectivity index (χ3n) is 4.46. The summed E-state index contributed by atoms with van der Waals surface area (Å²) in [6, 6.07) is 10.2. The zero-order chi connectivity index (χ0) is 20.3. The lowest BCUT2D eigenvalue weighted by molar-refractivity contribution is 0.0712. The lowest BCUT2D eigenvalue weighted by Gasteiger charge is -2.20. The fraction of sp³-hybridized carbons (Fsp3) is 0.316. The molecule has 0 spiro atoms. The first-order chi connectivity index (χ1) is 13.3. The van der Waals surface area contributed by atoms with Crippen molar-refractivity contribution in [3.63, 3.8) is 0 Å². The summed E-state index contributed by atoms with van der Waals surface area (Å²) in [5.41, 5.74) is 0.614. The monoisotopic (exact) mass is 442 g/mol. The molecule has 2 aromatic rings. The molecule has 1 saturated heterocycles. The van der Waals surface area contributed by atoms with E-state index in [2.05, 4.69) is 10.0 Å². The molecule has 1 aliphatic rings. The molecule has 1 fully saturated rings. The van der Waals surface area contributed by atoms with Gasteiger partial charge in [-0.15, -0.1) is 0 Å². The topological polar surface area (TPSA) is 84.5 Å². The van der Waals surface area contributed by atoms with Crippen LogP contribution in [0.15, 0.2) is 47.4 Å². The van der Waals surface area contributed by atoms with E-state index in [1.807, 2.05) is 6.92 Å². The zero-order valence-corrected chi connectivity index (χ0v) is 17.4. The normalized spacial score (nSPS) is 17.9. The average molecular weight is 443 g/mol. The van der Waals surface area contributed by atoms with Gasteiger partial charge in [0.15, 0.2) is 0 Å². The molecule has 28 heavy (non-hydrogen) atoms. The van der Waals surface area contributed by atoms with Crippen molar-refractivity contribution in [2.45, 2.75) is 36.8 Å². The minimum absolute atomic E-state index is 0.000267. The number of ether oxygens (including phenoxy) is 1. The molecule has 0 unspecified atom stereocenters. The highest BCUT2D eigenvalue weighted by molar-refractivity contribution is 7.92. The number of halogens is 2.